The first-order valence-electron chi connectivity index (χ1n) is 8.25. The average molecular weight is 323 g/mol. The molecular weight excluding hydrogens is 302 g/mol. The van der Waals surface area contributed by atoms with E-state index in [1.807, 2.05) is 54.6 Å². The van der Waals surface area contributed by atoms with Crippen LogP contribution in [0.4, 0.5) is 5.69 Å². The topological polar surface area (TPSA) is 55.4 Å². The Hall–Kier alpha value is -2.62. The van der Waals surface area contributed by atoms with Crippen LogP contribution in [0.5, 0.6) is 0 Å². The standard InChI is InChI=1S/C20H21NO3/c1-2-15-8-10-17(11-9-15)21-18(22)14-24-19(23)20(12-13-20)16-6-4-3-5-7-16/h3-11H,2,12-14H2,1H3,(H,21,22). The molecule has 24 heavy (non-hydrogen) atoms. The third-order valence-corrected chi connectivity index (χ3v) is 4.45. The van der Waals surface area contributed by atoms with Crippen molar-refractivity contribution in [2.24, 2.45) is 0 Å². The van der Waals surface area contributed by atoms with E-state index in [-0.39, 0.29) is 18.5 Å². The first-order valence-corrected chi connectivity index (χ1v) is 8.25. The molecule has 3 rings (SSSR count). The van der Waals surface area contributed by atoms with Crippen molar-refractivity contribution in [1.29, 1.82) is 0 Å². The molecule has 2 aromatic rings. The van der Waals surface area contributed by atoms with Crippen molar-refractivity contribution in [3.8, 4) is 0 Å². The van der Waals surface area contributed by atoms with Gasteiger partial charge < -0.3 is 10.1 Å². The summed E-state index contributed by atoms with van der Waals surface area (Å²) in [7, 11) is 0. The van der Waals surface area contributed by atoms with Crippen molar-refractivity contribution in [3.05, 3.63) is 65.7 Å². The van der Waals surface area contributed by atoms with Gasteiger partial charge in [0.2, 0.25) is 0 Å². The molecule has 0 spiro atoms. The zero-order chi connectivity index (χ0) is 17.0. The second-order valence-electron chi connectivity index (χ2n) is 6.12. The molecule has 0 atom stereocenters. The average Bonchev–Trinajstić information content (AvgIpc) is 3.43. The largest absolute Gasteiger partial charge is 0.455 e. The van der Waals surface area contributed by atoms with E-state index in [0.29, 0.717) is 5.69 Å². The molecule has 1 aliphatic carbocycles. The van der Waals surface area contributed by atoms with E-state index >= 15 is 0 Å². The van der Waals surface area contributed by atoms with Gasteiger partial charge in [-0.25, -0.2) is 0 Å². The summed E-state index contributed by atoms with van der Waals surface area (Å²) in [6.45, 7) is 1.82. The molecule has 0 radical (unpaired) electrons. The fourth-order valence-corrected chi connectivity index (χ4v) is 2.78. The molecule has 124 valence electrons. The number of hydrogen-bond donors (Lipinski definition) is 1. The third-order valence-electron chi connectivity index (χ3n) is 4.45. The Morgan fingerprint density at radius 1 is 1.04 bits per heavy atom. The van der Waals surface area contributed by atoms with Crippen LogP contribution >= 0.6 is 0 Å². The van der Waals surface area contributed by atoms with Crippen molar-refractivity contribution in [2.75, 3.05) is 11.9 Å². The maximum absolute atomic E-state index is 12.4. The van der Waals surface area contributed by atoms with Crippen molar-refractivity contribution in [1.82, 2.24) is 0 Å². The maximum Gasteiger partial charge on any atom is 0.317 e. The van der Waals surface area contributed by atoms with Crippen LogP contribution in [-0.2, 0) is 26.2 Å². The first kappa shape index (κ1) is 16.2. The summed E-state index contributed by atoms with van der Waals surface area (Å²) in [5, 5.41) is 2.74. The number of ether oxygens (including phenoxy) is 1. The molecule has 1 fully saturated rings. The molecule has 1 N–H and O–H groups in total. The van der Waals surface area contributed by atoms with Crippen molar-refractivity contribution in [2.45, 2.75) is 31.6 Å². The third kappa shape index (κ3) is 3.48. The zero-order valence-corrected chi connectivity index (χ0v) is 13.7. The highest BCUT2D eigenvalue weighted by Crippen LogP contribution is 2.49. The predicted molar refractivity (Wildman–Crippen MR) is 92.8 cm³/mol. The Balaban J connectivity index is 1.53. The first-order chi connectivity index (χ1) is 11.6. The highest BCUT2D eigenvalue weighted by atomic mass is 16.5. The monoisotopic (exact) mass is 323 g/mol. The number of benzene rings is 2. The highest BCUT2D eigenvalue weighted by Gasteiger charge is 2.52. The molecule has 0 saturated heterocycles. The summed E-state index contributed by atoms with van der Waals surface area (Å²) < 4.78 is 5.25. The number of esters is 1. The van der Waals surface area contributed by atoms with Gasteiger partial charge in [0, 0.05) is 5.69 Å². The van der Waals surface area contributed by atoms with E-state index in [0.717, 1.165) is 24.8 Å². The fraction of sp³-hybridized carbons (Fsp3) is 0.300. The van der Waals surface area contributed by atoms with Gasteiger partial charge >= 0.3 is 5.97 Å². The van der Waals surface area contributed by atoms with Gasteiger partial charge in [-0.2, -0.15) is 0 Å². The molecule has 1 amide bonds. The van der Waals surface area contributed by atoms with Crippen LogP contribution in [0.1, 0.15) is 30.9 Å². The van der Waals surface area contributed by atoms with E-state index in [4.69, 9.17) is 4.74 Å². The van der Waals surface area contributed by atoms with E-state index in [1.54, 1.807) is 0 Å². The van der Waals surface area contributed by atoms with Gasteiger partial charge in [0.25, 0.3) is 5.91 Å². The Morgan fingerprint density at radius 3 is 2.29 bits per heavy atom. The summed E-state index contributed by atoms with van der Waals surface area (Å²) in [4.78, 5) is 24.3. The van der Waals surface area contributed by atoms with Crippen LogP contribution < -0.4 is 5.32 Å². The Morgan fingerprint density at radius 2 is 1.71 bits per heavy atom. The summed E-state index contributed by atoms with van der Waals surface area (Å²) in [6.07, 6.45) is 2.50. The lowest BCUT2D eigenvalue weighted by Gasteiger charge is -2.14. The maximum atomic E-state index is 12.4. The predicted octanol–water partition coefficient (Wildman–Crippen LogP) is 3.46. The molecule has 0 aliphatic heterocycles. The molecule has 2 aromatic carbocycles. The summed E-state index contributed by atoms with van der Waals surface area (Å²) in [5.41, 5.74) is 2.32. The second-order valence-corrected chi connectivity index (χ2v) is 6.12. The minimum Gasteiger partial charge on any atom is -0.455 e. The second kappa shape index (κ2) is 6.87. The Labute approximate surface area is 141 Å². The minimum atomic E-state index is -0.551. The number of carbonyl (C=O) groups excluding carboxylic acids is 2. The SMILES string of the molecule is CCc1ccc(NC(=O)COC(=O)C2(c3ccccc3)CC2)cc1. The number of amides is 1. The molecule has 0 unspecified atom stereocenters. The smallest absolute Gasteiger partial charge is 0.317 e. The van der Waals surface area contributed by atoms with Gasteiger partial charge in [0.1, 0.15) is 0 Å². The molecule has 0 aromatic heterocycles. The van der Waals surface area contributed by atoms with E-state index in [2.05, 4.69) is 12.2 Å². The minimum absolute atomic E-state index is 0.261. The molecule has 0 bridgehead atoms. The van der Waals surface area contributed by atoms with Gasteiger partial charge in [0.05, 0.1) is 5.41 Å². The van der Waals surface area contributed by atoms with Gasteiger partial charge in [-0.3, -0.25) is 9.59 Å². The van der Waals surface area contributed by atoms with E-state index < -0.39 is 5.41 Å². The van der Waals surface area contributed by atoms with Crippen LogP contribution in [-0.4, -0.2) is 18.5 Å². The number of hydrogen-bond acceptors (Lipinski definition) is 3. The molecule has 1 saturated carbocycles. The van der Waals surface area contributed by atoms with Gasteiger partial charge in [-0.15, -0.1) is 0 Å². The van der Waals surface area contributed by atoms with Crippen LogP contribution in [0, 0.1) is 0 Å². The Kier molecular flexibility index (Phi) is 4.65. The molecule has 4 nitrogen and oxygen atoms in total. The van der Waals surface area contributed by atoms with Crippen molar-refractivity contribution in [3.63, 3.8) is 0 Å². The lowest BCUT2D eigenvalue weighted by atomic mass is 9.96. The lowest BCUT2D eigenvalue weighted by molar-refractivity contribution is -0.150. The number of anilines is 1. The number of nitrogens with one attached hydrogen (secondary N) is 1. The quantitative estimate of drug-likeness (QED) is 0.828. The zero-order valence-electron chi connectivity index (χ0n) is 13.7. The van der Waals surface area contributed by atoms with Gasteiger partial charge in [-0.1, -0.05) is 49.4 Å². The van der Waals surface area contributed by atoms with Crippen LogP contribution in [0.3, 0.4) is 0 Å². The Bertz CT molecular complexity index is 718. The van der Waals surface area contributed by atoms with Gasteiger partial charge in [0.15, 0.2) is 6.61 Å². The van der Waals surface area contributed by atoms with Crippen LogP contribution in [0.25, 0.3) is 0 Å². The highest BCUT2D eigenvalue weighted by molar-refractivity contribution is 5.94. The summed E-state index contributed by atoms with van der Waals surface area (Å²) >= 11 is 0. The molecule has 1 aliphatic rings. The van der Waals surface area contributed by atoms with Gasteiger partial charge in [-0.05, 0) is 42.5 Å². The number of aryl methyl sites for hydroxylation is 1. The van der Waals surface area contributed by atoms with Crippen molar-refractivity contribution < 1.29 is 14.3 Å². The fourth-order valence-electron chi connectivity index (χ4n) is 2.78. The summed E-state index contributed by atoms with van der Waals surface area (Å²) in [6, 6.07) is 17.3. The lowest BCUT2D eigenvalue weighted by Crippen LogP contribution is -2.28. The van der Waals surface area contributed by atoms with E-state index in [1.165, 1.54) is 5.56 Å². The number of carbonyl (C=O) groups is 2. The normalized spacial score (nSPS) is 14.7. The van der Waals surface area contributed by atoms with Crippen LogP contribution in [0.15, 0.2) is 54.6 Å². The number of rotatable bonds is 6. The van der Waals surface area contributed by atoms with Crippen LogP contribution in [0.2, 0.25) is 0 Å². The molecule has 0 heterocycles. The summed E-state index contributed by atoms with van der Waals surface area (Å²) in [5.74, 6) is -0.637. The van der Waals surface area contributed by atoms with E-state index in [9.17, 15) is 9.59 Å². The molecular formula is C20H21NO3. The molecule has 4 heteroatoms. The van der Waals surface area contributed by atoms with Crippen molar-refractivity contribution >= 4 is 17.6 Å².